The molecule has 2 aliphatic rings. The summed E-state index contributed by atoms with van der Waals surface area (Å²) in [6.45, 7) is 3.52. The first-order chi connectivity index (χ1) is 8.49. The lowest BCUT2D eigenvalue weighted by Crippen LogP contribution is -2.46. The second kappa shape index (κ2) is 4.96. The molecule has 0 aliphatic carbocycles. The van der Waals surface area contributed by atoms with Gasteiger partial charge in [0.2, 0.25) is 5.91 Å². The second-order valence-corrected chi connectivity index (χ2v) is 5.21. The molecule has 0 radical (unpaired) electrons. The molecule has 6 nitrogen and oxygen atoms in total. The first kappa shape index (κ1) is 12.9. The Labute approximate surface area is 107 Å². The van der Waals surface area contributed by atoms with E-state index in [9.17, 15) is 14.4 Å². The molecule has 2 saturated heterocycles. The van der Waals surface area contributed by atoms with Gasteiger partial charge in [-0.3, -0.25) is 14.5 Å². The van der Waals surface area contributed by atoms with Crippen molar-refractivity contribution in [1.29, 1.82) is 0 Å². The number of amides is 4. The van der Waals surface area contributed by atoms with E-state index < -0.39 is 0 Å². The average Bonchev–Trinajstić information content (AvgIpc) is 2.56. The number of nitrogens with zero attached hydrogens (tertiary/aromatic N) is 3. The first-order valence-corrected chi connectivity index (χ1v) is 6.32. The molecule has 100 valence electrons. The number of urea groups is 1. The highest BCUT2D eigenvalue weighted by atomic mass is 16.2. The molecule has 0 aromatic rings. The zero-order valence-electron chi connectivity index (χ0n) is 10.9. The van der Waals surface area contributed by atoms with E-state index in [1.165, 1.54) is 4.90 Å². The molecule has 6 heteroatoms. The number of carbonyl (C=O) groups excluding carboxylic acids is 3. The molecule has 0 N–H and O–H groups in total. The zero-order chi connectivity index (χ0) is 13.3. The standard InChI is InChI=1S/C12H19N3O3/c1-9-4-3-5-14(6-9)10(16)8-15-11(17)7-13(2)12(15)18/h9H,3-8H2,1-2H3. The van der Waals surface area contributed by atoms with Gasteiger partial charge in [-0.05, 0) is 18.8 Å². The quantitative estimate of drug-likeness (QED) is 0.658. The fraction of sp³-hybridized carbons (Fsp3) is 0.750. The Kier molecular flexibility index (Phi) is 3.54. The van der Waals surface area contributed by atoms with Gasteiger partial charge in [0.1, 0.15) is 13.1 Å². The van der Waals surface area contributed by atoms with Crippen LogP contribution in [0.1, 0.15) is 19.8 Å². The van der Waals surface area contributed by atoms with E-state index in [-0.39, 0.29) is 30.9 Å². The molecule has 4 amide bonds. The van der Waals surface area contributed by atoms with Gasteiger partial charge in [-0.15, -0.1) is 0 Å². The maximum absolute atomic E-state index is 12.1. The van der Waals surface area contributed by atoms with E-state index in [0.29, 0.717) is 5.92 Å². The van der Waals surface area contributed by atoms with Crippen molar-refractivity contribution in [3.63, 3.8) is 0 Å². The van der Waals surface area contributed by atoms with E-state index in [0.717, 1.165) is 30.8 Å². The van der Waals surface area contributed by atoms with Crippen LogP contribution in [0.4, 0.5) is 4.79 Å². The number of rotatable bonds is 2. The molecule has 0 saturated carbocycles. The Bertz CT molecular complexity index is 383. The summed E-state index contributed by atoms with van der Waals surface area (Å²) >= 11 is 0. The van der Waals surface area contributed by atoms with Crippen molar-refractivity contribution in [2.75, 3.05) is 33.2 Å². The predicted octanol–water partition coefficient (Wildman–Crippen LogP) is 0.139. The average molecular weight is 253 g/mol. The van der Waals surface area contributed by atoms with Crippen molar-refractivity contribution in [3.05, 3.63) is 0 Å². The molecule has 0 aromatic heterocycles. The van der Waals surface area contributed by atoms with Crippen LogP contribution in [0, 0.1) is 5.92 Å². The van der Waals surface area contributed by atoms with Crippen LogP contribution in [0.3, 0.4) is 0 Å². The lowest BCUT2D eigenvalue weighted by Gasteiger charge is -2.31. The van der Waals surface area contributed by atoms with E-state index in [1.807, 2.05) is 0 Å². The SMILES string of the molecule is CC1CCCN(C(=O)CN2C(=O)CN(C)C2=O)C1. The Morgan fingerprint density at radius 2 is 2.11 bits per heavy atom. The molecule has 2 aliphatic heterocycles. The number of carbonyl (C=O) groups is 3. The summed E-state index contributed by atoms with van der Waals surface area (Å²) in [6.07, 6.45) is 2.13. The Hall–Kier alpha value is -1.59. The number of likely N-dealkylation sites (tertiary alicyclic amines) is 1. The molecular formula is C12H19N3O3. The summed E-state index contributed by atoms with van der Waals surface area (Å²) in [6, 6.07) is -0.376. The van der Waals surface area contributed by atoms with Crippen molar-refractivity contribution in [3.8, 4) is 0 Å². The number of piperidine rings is 1. The first-order valence-electron chi connectivity index (χ1n) is 6.32. The number of hydrogen-bond donors (Lipinski definition) is 0. The van der Waals surface area contributed by atoms with Gasteiger partial charge in [-0.2, -0.15) is 0 Å². The van der Waals surface area contributed by atoms with Crippen molar-refractivity contribution >= 4 is 17.8 Å². The van der Waals surface area contributed by atoms with Crippen LogP contribution in [-0.2, 0) is 9.59 Å². The molecule has 0 spiro atoms. The largest absolute Gasteiger partial charge is 0.341 e. The van der Waals surface area contributed by atoms with E-state index in [1.54, 1.807) is 11.9 Å². The molecule has 2 rings (SSSR count). The monoisotopic (exact) mass is 253 g/mol. The highest BCUT2D eigenvalue weighted by Gasteiger charge is 2.36. The van der Waals surface area contributed by atoms with E-state index in [2.05, 4.69) is 6.92 Å². The summed E-state index contributed by atoms with van der Waals surface area (Å²) in [5, 5.41) is 0. The third-order valence-corrected chi connectivity index (χ3v) is 3.53. The fourth-order valence-corrected chi connectivity index (χ4v) is 2.48. The summed E-state index contributed by atoms with van der Waals surface area (Å²) in [5.41, 5.74) is 0. The fourth-order valence-electron chi connectivity index (χ4n) is 2.48. The smallest absolute Gasteiger partial charge is 0.327 e. The predicted molar refractivity (Wildman–Crippen MR) is 64.7 cm³/mol. The summed E-state index contributed by atoms with van der Waals surface area (Å²) < 4.78 is 0. The van der Waals surface area contributed by atoms with Crippen molar-refractivity contribution in [1.82, 2.24) is 14.7 Å². The third kappa shape index (κ3) is 2.47. The van der Waals surface area contributed by atoms with Crippen LogP contribution in [-0.4, -0.2) is 65.8 Å². The minimum Gasteiger partial charge on any atom is -0.341 e. The molecular weight excluding hydrogens is 234 g/mol. The zero-order valence-corrected chi connectivity index (χ0v) is 10.9. The number of hydrogen-bond acceptors (Lipinski definition) is 3. The normalized spacial score (nSPS) is 25.0. The number of imide groups is 1. The van der Waals surface area contributed by atoms with Crippen LogP contribution in [0.25, 0.3) is 0 Å². The van der Waals surface area contributed by atoms with Crippen molar-refractivity contribution in [2.24, 2.45) is 5.92 Å². The van der Waals surface area contributed by atoms with Gasteiger partial charge in [0.25, 0.3) is 5.91 Å². The molecule has 1 atom stereocenters. The van der Waals surface area contributed by atoms with Crippen LogP contribution in [0.15, 0.2) is 0 Å². The highest BCUT2D eigenvalue weighted by molar-refractivity contribution is 6.04. The van der Waals surface area contributed by atoms with Crippen LogP contribution >= 0.6 is 0 Å². The van der Waals surface area contributed by atoms with Crippen molar-refractivity contribution < 1.29 is 14.4 Å². The Balaban J connectivity index is 1.95. The molecule has 0 aromatic carbocycles. The Morgan fingerprint density at radius 3 is 2.67 bits per heavy atom. The van der Waals surface area contributed by atoms with Crippen LogP contribution < -0.4 is 0 Å². The van der Waals surface area contributed by atoms with Gasteiger partial charge < -0.3 is 9.80 Å². The molecule has 1 unspecified atom stereocenters. The highest BCUT2D eigenvalue weighted by Crippen LogP contribution is 2.16. The van der Waals surface area contributed by atoms with E-state index in [4.69, 9.17) is 0 Å². The maximum Gasteiger partial charge on any atom is 0.327 e. The molecule has 2 heterocycles. The van der Waals surface area contributed by atoms with Gasteiger partial charge in [-0.25, -0.2) is 4.79 Å². The molecule has 18 heavy (non-hydrogen) atoms. The van der Waals surface area contributed by atoms with Gasteiger partial charge in [0.05, 0.1) is 0 Å². The van der Waals surface area contributed by atoms with Crippen LogP contribution in [0.2, 0.25) is 0 Å². The van der Waals surface area contributed by atoms with E-state index >= 15 is 0 Å². The lowest BCUT2D eigenvalue weighted by molar-refractivity contribution is -0.137. The minimum atomic E-state index is -0.376. The number of likely N-dealkylation sites (N-methyl/N-ethyl adjacent to an activating group) is 1. The molecule has 0 bridgehead atoms. The third-order valence-electron chi connectivity index (χ3n) is 3.53. The van der Waals surface area contributed by atoms with Gasteiger partial charge in [0.15, 0.2) is 0 Å². The summed E-state index contributed by atoms with van der Waals surface area (Å²) in [4.78, 5) is 39.4. The second-order valence-electron chi connectivity index (χ2n) is 5.21. The van der Waals surface area contributed by atoms with Crippen LogP contribution in [0.5, 0.6) is 0 Å². The maximum atomic E-state index is 12.1. The summed E-state index contributed by atoms with van der Waals surface area (Å²) in [5.74, 6) is 0.0785. The lowest BCUT2D eigenvalue weighted by atomic mass is 10.0. The van der Waals surface area contributed by atoms with Crippen molar-refractivity contribution in [2.45, 2.75) is 19.8 Å². The Morgan fingerprint density at radius 1 is 1.39 bits per heavy atom. The van der Waals surface area contributed by atoms with Gasteiger partial charge >= 0.3 is 6.03 Å². The molecule has 2 fully saturated rings. The van der Waals surface area contributed by atoms with Gasteiger partial charge in [0, 0.05) is 20.1 Å². The van der Waals surface area contributed by atoms with Gasteiger partial charge in [-0.1, -0.05) is 6.92 Å². The topological polar surface area (TPSA) is 60.9 Å². The summed E-state index contributed by atoms with van der Waals surface area (Å²) in [7, 11) is 1.56. The minimum absolute atomic E-state index is 0.0719.